The zero-order valence-corrected chi connectivity index (χ0v) is 13.2. The molecule has 0 saturated heterocycles. The summed E-state index contributed by atoms with van der Waals surface area (Å²) < 4.78 is 5.10. The zero-order valence-electron chi connectivity index (χ0n) is 10.9. The fraction of sp³-hybridized carbons (Fsp3) is 0.0714. The molecule has 0 unspecified atom stereocenters. The lowest BCUT2D eigenvalue weighted by molar-refractivity contribution is -0.384. The number of hydrogen-bond acceptors (Lipinski definition) is 4. The summed E-state index contributed by atoms with van der Waals surface area (Å²) >= 11 is 17.6. The molecular formula is C14H8Cl3NO4. The Kier molecular flexibility index (Phi) is 5.24. The van der Waals surface area contributed by atoms with Gasteiger partial charge in [0.1, 0.15) is 6.61 Å². The van der Waals surface area contributed by atoms with Crippen molar-refractivity contribution in [3.8, 4) is 0 Å². The molecule has 114 valence electrons. The van der Waals surface area contributed by atoms with E-state index in [0.29, 0.717) is 15.6 Å². The lowest BCUT2D eigenvalue weighted by atomic mass is 10.2. The third kappa shape index (κ3) is 3.88. The quantitative estimate of drug-likeness (QED) is 0.441. The van der Waals surface area contributed by atoms with Gasteiger partial charge in [0.2, 0.25) is 0 Å². The first-order valence-corrected chi connectivity index (χ1v) is 7.07. The Balaban J connectivity index is 2.11. The van der Waals surface area contributed by atoms with Crippen LogP contribution in [-0.4, -0.2) is 10.9 Å². The second-order valence-corrected chi connectivity index (χ2v) is 5.48. The number of benzene rings is 2. The van der Waals surface area contributed by atoms with Crippen LogP contribution in [0.1, 0.15) is 15.9 Å². The third-order valence-corrected chi connectivity index (χ3v) is 3.66. The Hall–Kier alpha value is -1.82. The van der Waals surface area contributed by atoms with E-state index < -0.39 is 10.9 Å². The number of hydrogen-bond donors (Lipinski definition) is 0. The summed E-state index contributed by atoms with van der Waals surface area (Å²) in [6, 6.07) is 8.30. The summed E-state index contributed by atoms with van der Waals surface area (Å²) in [5, 5.41) is 11.4. The number of nitro groups is 1. The Morgan fingerprint density at radius 3 is 2.41 bits per heavy atom. The first-order chi connectivity index (χ1) is 10.4. The largest absolute Gasteiger partial charge is 0.457 e. The van der Waals surface area contributed by atoms with Crippen LogP contribution < -0.4 is 0 Å². The van der Waals surface area contributed by atoms with Gasteiger partial charge in [0.15, 0.2) is 0 Å². The fourth-order valence-electron chi connectivity index (χ4n) is 1.64. The van der Waals surface area contributed by atoms with Crippen LogP contribution in [0.4, 0.5) is 5.69 Å². The highest BCUT2D eigenvalue weighted by Crippen LogP contribution is 2.25. The van der Waals surface area contributed by atoms with E-state index in [0.717, 1.165) is 6.07 Å². The number of rotatable bonds is 4. The van der Waals surface area contributed by atoms with Gasteiger partial charge in [-0.05, 0) is 18.2 Å². The van der Waals surface area contributed by atoms with E-state index in [4.69, 9.17) is 39.5 Å². The van der Waals surface area contributed by atoms with Crippen LogP contribution in [0.5, 0.6) is 0 Å². The van der Waals surface area contributed by atoms with Crippen molar-refractivity contribution in [2.45, 2.75) is 6.61 Å². The molecule has 5 nitrogen and oxygen atoms in total. The topological polar surface area (TPSA) is 69.4 Å². The van der Waals surface area contributed by atoms with E-state index >= 15 is 0 Å². The van der Waals surface area contributed by atoms with Crippen molar-refractivity contribution in [3.05, 3.63) is 72.7 Å². The fourth-order valence-corrected chi connectivity index (χ4v) is 2.36. The van der Waals surface area contributed by atoms with Crippen molar-refractivity contribution in [3.63, 3.8) is 0 Å². The molecule has 0 aliphatic heterocycles. The molecule has 0 N–H and O–H groups in total. The van der Waals surface area contributed by atoms with Crippen molar-refractivity contribution in [2.75, 3.05) is 0 Å². The minimum atomic E-state index is -0.703. The van der Waals surface area contributed by atoms with Gasteiger partial charge in [-0.1, -0.05) is 40.9 Å². The molecule has 2 aromatic carbocycles. The number of esters is 1. The first kappa shape index (κ1) is 16.5. The normalized spacial score (nSPS) is 10.3. The molecule has 0 atom stereocenters. The summed E-state index contributed by atoms with van der Waals surface area (Å²) in [5.41, 5.74) is 0.414. The number of nitrogens with zero attached hydrogens (tertiary/aromatic N) is 1. The Morgan fingerprint density at radius 1 is 1.09 bits per heavy atom. The van der Waals surface area contributed by atoms with Gasteiger partial charge in [-0.2, -0.15) is 0 Å². The van der Waals surface area contributed by atoms with Crippen LogP contribution in [0.15, 0.2) is 36.4 Å². The number of carbonyl (C=O) groups excluding carboxylic acids is 1. The van der Waals surface area contributed by atoms with Gasteiger partial charge in [-0.25, -0.2) is 4.79 Å². The highest BCUT2D eigenvalue weighted by Gasteiger charge is 2.16. The van der Waals surface area contributed by atoms with Crippen LogP contribution >= 0.6 is 34.8 Å². The molecule has 2 aromatic rings. The molecule has 8 heteroatoms. The van der Waals surface area contributed by atoms with Crippen LogP contribution in [0.2, 0.25) is 15.1 Å². The highest BCUT2D eigenvalue weighted by molar-refractivity contribution is 6.35. The molecule has 0 saturated carbocycles. The lowest BCUT2D eigenvalue weighted by Gasteiger charge is -2.08. The maximum atomic E-state index is 12.0. The second-order valence-electron chi connectivity index (χ2n) is 4.23. The van der Waals surface area contributed by atoms with Crippen LogP contribution in [0.25, 0.3) is 0 Å². The highest BCUT2D eigenvalue weighted by atomic mass is 35.5. The molecule has 0 spiro atoms. The second kappa shape index (κ2) is 6.96. The molecule has 22 heavy (non-hydrogen) atoms. The molecule has 0 aliphatic carbocycles. The molecule has 0 bridgehead atoms. The van der Waals surface area contributed by atoms with E-state index in [9.17, 15) is 14.9 Å². The Morgan fingerprint density at radius 2 is 1.82 bits per heavy atom. The molecular weight excluding hydrogens is 353 g/mol. The maximum Gasteiger partial charge on any atom is 0.339 e. The smallest absolute Gasteiger partial charge is 0.339 e. The SMILES string of the molecule is O=C(OCc1ccc(Cl)cc1Cl)c1ccc([N+](=O)[O-])cc1Cl. The van der Waals surface area contributed by atoms with Gasteiger partial charge in [-0.15, -0.1) is 0 Å². The minimum absolute atomic E-state index is 0.0392. The average Bonchev–Trinajstić information content (AvgIpc) is 2.45. The van der Waals surface area contributed by atoms with Crippen LogP contribution in [-0.2, 0) is 11.3 Å². The van der Waals surface area contributed by atoms with Gasteiger partial charge in [-0.3, -0.25) is 10.1 Å². The van der Waals surface area contributed by atoms with Gasteiger partial charge < -0.3 is 4.74 Å². The molecule has 2 rings (SSSR count). The van der Waals surface area contributed by atoms with Gasteiger partial charge in [0.05, 0.1) is 15.5 Å². The van der Waals surface area contributed by atoms with Gasteiger partial charge >= 0.3 is 5.97 Å². The predicted octanol–water partition coefficient (Wildman–Crippen LogP) is 4.91. The van der Waals surface area contributed by atoms with E-state index in [1.54, 1.807) is 12.1 Å². The molecule has 0 amide bonds. The summed E-state index contributed by atoms with van der Waals surface area (Å²) in [6.45, 7) is -0.0673. The van der Waals surface area contributed by atoms with Gasteiger partial charge in [0.25, 0.3) is 5.69 Å². The maximum absolute atomic E-state index is 12.0. The summed E-state index contributed by atoms with van der Waals surface area (Å²) in [5.74, 6) is -0.703. The summed E-state index contributed by atoms with van der Waals surface area (Å²) in [4.78, 5) is 22.0. The van der Waals surface area contributed by atoms with E-state index in [2.05, 4.69) is 0 Å². The van der Waals surface area contributed by atoms with Crippen molar-refractivity contribution in [2.24, 2.45) is 0 Å². The summed E-state index contributed by atoms with van der Waals surface area (Å²) in [7, 11) is 0. The van der Waals surface area contributed by atoms with Crippen molar-refractivity contribution < 1.29 is 14.5 Å². The average molecular weight is 361 g/mol. The minimum Gasteiger partial charge on any atom is -0.457 e. The number of nitro benzene ring substituents is 1. The Labute approximate surface area is 140 Å². The first-order valence-electron chi connectivity index (χ1n) is 5.93. The predicted molar refractivity (Wildman–Crippen MR) is 83.7 cm³/mol. The van der Waals surface area contributed by atoms with Crippen molar-refractivity contribution in [1.29, 1.82) is 0 Å². The van der Waals surface area contributed by atoms with E-state index in [-0.39, 0.29) is 22.9 Å². The zero-order chi connectivity index (χ0) is 16.3. The number of halogens is 3. The van der Waals surface area contributed by atoms with E-state index in [1.807, 2.05) is 0 Å². The summed E-state index contributed by atoms with van der Waals surface area (Å²) in [6.07, 6.45) is 0. The van der Waals surface area contributed by atoms with Gasteiger partial charge in [0, 0.05) is 27.7 Å². The molecule has 0 radical (unpaired) electrons. The molecule has 0 aliphatic rings. The Bertz CT molecular complexity index is 749. The van der Waals surface area contributed by atoms with Crippen molar-refractivity contribution >= 4 is 46.5 Å². The number of carbonyl (C=O) groups is 1. The third-order valence-electron chi connectivity index (χ3n) is 2.76. The monoisotopic (exact) mass is 359 g/mol. The van der Waals surface area contributed by atoms with Crippen LogP contribution in [0.3, 0.4) is 0 Å². The molecule has 0 aromatic heterocycles. The molecule has 0 fully saturated rings. The number of ether oxygens (including phenoxy) is 1. The molecule has 0 heterocycles. The van der Waals surface area contributed by atoms with Crippen LogP contribution in [0, 0.1) is 10.1 Å². The van der Waals surface area contributed by atoms with E-state index in [1.165, 1.54) is 18.2 Å². The lowest BCUT2D eigenvalue weighted by Crippen LogP contribution is -2.06. The van der Waals surface area contributed by atoms with Crippen molar-refractivity contribution in [1.82, 2.24) is 0 Å². The standard InChI is InChI=1S/C14H8Cl3NO4/c15-9-2-1-8(12(16)5-9)7-22-14(19)11-4-3-10(18(20)21)6-13(11)17/h1-6H,7H2. The number of non-ortho nitro benzene ring substituents is 1.